The average molecular weight is 741 g/mol. The minimum Gasteiger partial charge on any atom is -0.455 e. The van der Waals surface area contributed by atoms with E-state index in [0.717, 1.165) is 66.2 Å². The molecule has 12 aromatic rings. The molecule has 5 heteroatoms. The van der Waals surface area contributed by atoms with Gasteiger partial charge in [0, 0.05) is 43.9 Å². The van der Waals surface area contributed by atoms with E-state index in [1.807, 2.05) is 60.7 Å². The van der Waals surface area contributed by atoms with Crippen molar-refractivity contribution in [1.82, 2.24) is 19.5 Å². The molecule has 0 amide bonds. The average Bonchev–Trinajstić information content (AvgIpc) is 3.85. The van der Waals surface area contributed by atoms with Crippen LogP contribution in [0.1, 0.15) is 0 Å². The highest BCUT2D eigenvalue weighted by molar-refractivity contribution is 6.24. The molecule has 0 aliphatic heterocycles. The highest BCUT2D eigenvalue weighted by Crippen LogP contribution is 2.44. The zero-order valence-electron chi connectivity index (χ0n) is 31.2. The van der Waals surface area contributed by atoms with E-state index in [9.17, 15) is 0 Å². The van der Waals surface area contributed by atoms with Crippen LogP contribution in [0, 0.1) is 0 Å². The third kappa shape index (κ3) is 5.07. The number of fused-ring (bicyclic) bond motifs is 9. The van der Waals surface area contributed by atoms with Gasteiger partial charge in [-0.1, -0.05) is 152 Å². The zero-order valence-corrected chi connectivity index (χ0v) is 31.2. The Labute approximate surface area is 333 Å². The molecule has 0 radical (unpaired) electrons. The zero-order chi connectivity index (χ0) is 38.2. The van der Waals surface area contributed by atoms with Gasteiger partial charge in [-0.15, -0.1) is 0 Å². The Kier molecular flexibility index (Phi) is 7.16. The predicted molar refractivity (Wildman–Crippen MR) is 238 cm³/mol. The van der Waals surface area contributed by atoms with Crippen molar-refractivity contribution >= 4 is 65.3 Å². The van der Waals surface area contributed by atoms with Crippen LogP contribution >= 0.6 is 0 Å². The monoisotopic (exact) mass is 740 g/mol. The summed E-state index contributed by atoms with van der Waals surface area (Å²) in [6.45, 7) is 0. The summed E-state index contributed by atoms with van der Waals surface area (Å²) in [5.41, 5.74) is 9.81. The molecule has 270 valence electrons. The Morgan fingerprint density at radius 3 is 1.66 bits per heavy atom. The van der Waals surface area contributed by atoms with Gasteiger partial charge in [-0.25, -0.2) is 15.0 Å². The maximum absolute atomic E-state index is 7.08. The largest absolute Gasteiger partial charge is 0.455 e. The molecule has 12 rings (SSSR count). The molecule has 0 fully saturated rings. The van der Waals surface area contributed by atoms with E-state index in [0.29, 0.717) is 17.5 Å². The molecule has 0 saturated heterocycles. The van der Waals surface area contributed by atoms with Gasteiger partial charge in [0.05, 0.1) is 16.6 Å². The van der Waals surface area contributed by atoms with Crippen LogP contribution in [0.3, 0.4) is 0 Å². The van der Waals surface area contributed by atoms with Crippen molar-refractivity contribution in [3.8, 4) is 51.0 Å². The first-order valence-corrected chi connectivity index (χ1v) is 19.5. The van der Waals surface area contributed by atoms with Crippen LogP contribution in [0.4, 0.5) is 0 Å². The number of hydrogen-bond acceptors (Lipinski definition) is 4. The molecule has 0 bridgehead atoms. The summed E-state index contributed by atoms with van der Waals surface area (Å²) < 4.78 is 9.46. The molecule has 5 nitrogen and oxygen atoms in total. The van der Waals surface area contributed by atoms with Crippen LogP contribution in [0.5, 0.6) is 0 Å². The maximum atomic E-state index is 7.08. The van der Waals surface area contributed by atoms with Gasteiger partial charge >= 0.3 is 0 Å². The van der Waals surface area contributed by atoms with Gasteiger partial charge in [0.15, 0.2) is 17.5 Å². The molecular formula is C53H32N4O. The van der Waals surface area contributed by atoms with Gasteiger partial charge in [0.1, 0.15) is 11.2 Å². The number of nitrogens with zero attached hydrogens (tertiary/aromatic N) is 4. The third-order valence-electron chi connectivity index (χ3n) is 11.4. The third-order valence-corrected chi connectivity index (χ3v) is 11.4. The van der Waals surface area contributed by atoms with Crippen molar-refractivity contribution in [3.05, 3.63) is 194 Å². The Hall–Kier alpha value is -7.89. The van der Waals surface area contributed by atoms with E-state index in [4.69, 9.17) is 19.4 Å². The maximum Gasteiger partial charge on any atom is 0.167 e. The first-order chi connectivity index (χ1) is 28.7. The first-order valence-electron chi connectivity index (χ1n) is 19.5. The topological polar surface area (TPSA) is 56.7 Å². The smallest absolute Gasteiger partial charge is 0.167 e. The van der Waals surface area contributed by atoms with E-state index in [-0.39, 0.29) is 0 Å². The predicted octanol–water partition coefficient (Wildman–Crippen LogP) is 13.8. The van der Waals surface area contributed by atoms with E-state index in [2.05, 4.69) is 138 Å². The standard InChI is InChI=1S/C53H32N4O/c1-3-14-34(15-4-1)51-54-52(35-16-5-2-6-17-35)56-53(55-51)43-24-13-23-42-48-40-21-10-9-20-38(40)31-44(50(48)58-49(42)43)33-26-28-39(29-27-33)57-46-25-12-11-22-41(46)45-30-36-18-7-8-19-37(36)32-47(45)57/h1-32H. The van der Waals surface area contributed by atoms with Crippen LogP contribution in [-0.4, -0.2) is 19.5 Å². The lowest BCUT2D eigenvalue weighted by atomic mass is 9.96. The fourth-order valence-corrected chi connectivity index (χ4v) is 8.69. The normalized spacial score (nSPS) is 11.8. The van der Waals surface area contributed by atoms with Gasteiger partial charge in [-0.2, -0.15) is 0 Å². The molecule has 3 heterocycles. The fraction of sp³-hybridized carbons (Fsp3) is 0. The molecule has 58 heavy (non-hydrogen) atoms. The lowest BCUT2D eigenvalue weighted by Gasteiger charge is -2.11. The van der Waals surface area contributed by atoms with Crippen molar-refractivity contribution in [2.75, 3.05) is 0 Å². The van der Waals surface area contributed by atoms with Gasteiger partial charge in [-0.3, -0.25) is 0 Å². The molecule has 0 spiro atoms. The van der Waals surface area contributed by atoms with Crippen LogP contribution in [0.15, 0.2) is 199 Å². The lowest BCUT2D eigenvalue weighted by Crippen LogP contribution is -2.00. The Bertz CT molecular complexity index is 3490. The Morgan fingerprint density at radius 2 is 0.931 bits per heavy atom. The molecule has 3 aromatic heterocycles. The summed E-state index contributed by atoms with van der Waals surface area (Å²) in [5.74, 6) is 1.78. The summed E-state index contributed by atoms with van der Waals surface area (Å²) in [6, 6.07) is 68.0. The quantitative estimate of drug-likeness (QED) is 0.176. The van der Waals surface area contributed by atoms with E-state index in [1.165, 1.54) is 32.6 Å². The van der Waals surface area contributed by atoms with Crippen LogP contribution in [0.25, 0.3) is 116 Å². The van der Waals surface area contributed by atoms with Gasteiger partial charge in [0.2, 0.25) is 0 Å². The molecule has 0 aliphatic rings. The van der Waals surface area contributed by atoms with E-state index >= 15 is 0 Å². The highest BCUT2D eigenvalue weighted by atomic mass is 16.3. The second-order valence-corrected chi connectivity index (χ2v) is 14.8. The fourth-order valence-electron chi connectivity index (χ4n) is 8.69. The molecular weight excluding hydrogens is 709 g/mol. The van der Waals surface area contributed by atoms with Crippen LogP contribution < -0.4 is 0 Å². The number of furan rings is 1. The molecule has 0 unspecified atom stereocenters. The SMILES string of the molecule is c1ccc(-c2nc(-c3ccccc3)nc(-c3cccc4c3oc3c(-c5ccc(-n6c7ccccc7c7cc8ccccc8cc76)cc5)cc5ccccc5c34)n2)cc1. The number of hydrogen-bond donors (Lipinski definition) is 0. The summed E-state index contributed by atoms with van der Waals surface area (Å²) in [4.78, 5) is 15.1. The van der Waals surface area contributed by atoms with Crippen molar-refractivity contribution in [2.45, 2.75) is 0 Å². The van der Waals surface area contributed by atoms with Crippen LogP contribution in [0.2, 0.25) is 0 Å². The van der Waals surface area contributed by atoms with Crippen molar-refractivity contribution in [2.24, 2.45) is 0 Å². The minimum atomic E-state index is 0.562. The Balaban J connectivity index is 1.06. The number of para-hydroxylation sites is 2. The van der Waals surface area contributed by atoms with Gasteiger partial charge in [-0.05, 0) is 69.6 Å². The van der Waals surface area contributed by atoms with Crippen LogP contribution in [-0.2, 0) is 0 Å². The lowest BCUT2D eigenvalue weighted by molar-refractivity contribution is 0.671. The van der Waals surface area contributed by atoms with Crippen molar-refractivity contribution in [1.29, 1.82) is 0 Å². The molecule has 0 aliphatic carbocycles. The highest BCUT2D eigenvalue weighted by Gasteiger charge is 2.22. The molecule has 0 N–H and O–H groups in total. The van der Waals surface area contributed by atoms with E-state index < -0.39 is 0 Å². The van der Waals surface area contributed by atoms with Gasteiger partial charge in [0.25, 0.3) is 0 Å². The molecule has 0 atom stereocenters. The summed E-state index contributed by atoms with van der Waals surface area (Å²) >= 11 is 0. The first kappa shape index (κ1) is 32.4. The second-order valence-electron chi connectivity index (χ2n) is 14.8. The van der Waals surface area contributed by atoms with Gasteiger partial charge < -0.3 is 8.98 Å². The Morgan fingerprint density at radius 1 is 0.345 bits per heavy atom. The number of aromatic nitrogens is 4. The summed E-state index contributed by atoms with van der Waals surface area (Å²) in [6.07, 6.45) is 0. The number of rotatable bonds is 5. The molecule has 0 saturated carbocycles. The molecule has 9 aromatic carbocycles. The van der Waals surface area contributed by atoms with E-state index in [1.54, 1.807) is 0 Å². The second kappa shape index (κ2) is 12.8. The summed E-state index contributed by atoms with van der Waals surface area (Å²) in [5, 5.41) is 9.33. The summed E-state index contributed by atoms with van der Waals surface area (Å²) in [7, 11) is 0. The van der Waals surface area contributed by atoms with Crippen molar-refractivity contribution in [3.63, 3.8) is 0 Å². The minimum absolute atomic E-state index is 0.562. The van der Waals surface area contributed by atoms with Crippen molar-refractivity contribution < 1.29 is 4.42 Å². The number of benzene rings is 9.